The van der Waals surface area contributed by atoms with Crippen molar-refractivity contribution in [3.8, 4) is 23.0 Å². The third-order valence-corrected chi connectivity index (χ3v) is 9.87. The molecule has 3 atom stereocenters. The number of pyridine rings is 1. The molecule has 3 aromatic rings. The summed E-state index contributed by atoms with van der Waals surface area (Å²) >= 11 is 0. The van der Waals surface area contributed by atoms with Gasteiger partial charge in [-0.05, 0) is 48.6 Å². The molecule has 2 N–H and O–H groups in total. The highest BCUT2D eigenvalue weighted by molar-refractivity contribution is 7.92. The Bertz CT molecular complexity index is 1540. The number of hydrogen-bond acceptors (Lipinski definition) is 7. The molecule has 41 heavy (non-hydrogen) atoms. The number of rotatable bonds is 7. The second-order valence-corrected chi connectivity index (χ2v) is 13.7. The zero-order chi connectivity index (χ0) is 29.1. The summed E-state index contributed by atoms with van der Waals surface area (Å²) in [5, 5.41) is 17.4. The van der Waals surface area contributed by atoms with Crippen LogP contribution in [0.5, 0.6) is 0 Å². The number of benzene rings is 1. The smallest absolute Gasteiger partial charge is 0.224 e. The number of nitrogens with one attached hydrogen (secondary N) is 2. The number of halogens is 1. The highest BCUT2D eigenvalue weighted by atomic mass is 32.2. The van der Waals surface area contributed by atoms with Gasteiger partial charge in [-0.3, -0.25) is 9.57 Å². The van der Waals surface area contributed by atoms with Crippen LogP contribution < -0.4 is 10.2 Å². The van der Waals surface area contributed by atoms with E-state index in [2.05, 4.69) is 21.3 Å². The molecule has 2 fully saturated rings. The summed E-state index contributed by atoms with van der Waals surface area (Å²) in [5.74, 6) is -0.418. The van der Waals surface area contributed by atoms with Gasteiger partial charge >= 0.3 is 0 Å². The van der Waals surface area contributed by atoms with Gasteiger partial charge in [-0.25, -0.2) is 18.3 Å². The van der Waals surface area contributed by atoms with E-state index in [9.17, 15) is 18.7 Å². The molecule has 2 aliphatic rings. The van der Waals surface area contributed by atoms with Crippen molar-refractivity contribution >= 4 is 21.3 Å². The van der Waals surface area contributed by atoms with Gasteiger partial charge in [-0.2, -0.15) is 10.4 Å². The van der Waals surface area contributed by atoms with Crippen LogP contribution in [-0.4, -0.2) is 55.5 Å². The van der Waals surface area contributed by atoms with Gasteiger partial charge in [0.2, 0.25) is 5.91 Å². The van der Waals surface area contributed by atoms with Crippen LogP contribution in [0, 0.1) is 33.8 Å². The number of carbonyl (C=O) groups is 1. The van der Waals surface area contributed by atoms with E-state index >= 15 is 0 Å². The predicted molar refractivity (Wildman–Crippen MR) is 159 cm³/mol. The van der Waals surface area contributed by atoms with E-state index in [0.29, 0.717) is 36.7 Å². The van der Waals surface area contributed by atoms with Gasteiger partial charge in [0.05, 0.1) is 11.8 Å². The van der Waals surface area contributed by atoms with Crippen molar-refractivity contribution in [2.75, 3.05) is 29.5 Å². The molecule has 0 unspecified atom stereocenters. The fourth-order valence-corrected chi connectivity index (χ4v) is 6.99. The summed E-state index contributed by atoms with van der Waals surface area (Å²) in [6.45, 7) is 4.96. The number of nitriles is 1. The summed E-state index contributed by atoms with van der Waals surface area (Å²) in [6, 6.07) is 12.5. The van der Waals surface area contributed by atoms with E-state index in [0.717, 1.165) is 36.1 Å². The molecule has 218 valence electrons. The van der Waals surface area contributed by atoms with E-state index in [1.807, 2.05) is 38.1 Å². The molecule has 1 aromatic carbocycles. The Kier molecular flexibility index (Phi) is 8.40. The quantitative estimate of drug-likeness (QED) is 0.400. The fourth-order valence-electron chi connectivity index (χ4n) is 5.76. The van der Waals surface area contributed by atoms with E-state index in [4.69, 9.17) is 9.88 Å². The lowest BCUT2D eigenvalue weighted by Crippen LogP contribution is -2.43. The molecule has 0 bridgehead atoms. The normalized spacial score (nSPS) is 21.3. The zero-order valence-electron chi connectivity index (χ0n) is 23.4. The van der Waals surface area contributed by atoms with Crippen molar-refractivity contribution in [2.45, 2.75) is 51.5 Å². The Morgan fingerprint density at radius 3 is 2.56 bits per heavy atom. The summed E-state index contributed by atoms with van der Waals surface area (Å²) < 4.78 is 36.2. The largest absolute Gasteiger partial charge is 0.370 e. The van der Waals surface area contributed by atoms with Gasteiger partial charge in [0.25, 0.3) is 0 Å². The van der Waals surface area contributed by atoms with Crippen LogP contribution >= 0.6 is 0 Å². The van der Waals surface area contributed by atoms with Crippen molar-refractivity contribution in [1.82, 2.24) is 20.1 Å². The number of hydrogen-bond donors (Lipinski definition) is 2. The monoisotopic (exact) mass is 579 g/mol. The molecule has 11 heteroatoms. The lowest BCUT2D eigenvalue weighted by Gasteiger charge is -2.31. The maximum absolute atomic E-state index is 14.8. The molecule has 5 rings (SSSR count). The Hall–Kier alpha value is -3.78. The number of amides is 1. The summed E-state index contributed by atoms with van der Waals surface area (Å²) in [7, 11) is -2.49. The second kappa shape index (κ2) is 12.0. The fraction of sp³-hybridized carbons (Fsp3) is 0.467. The summed E-state index contributed by atoms with van der Waals surface area (Å²) in [4.78, 5) is 19.8. The van der Waals surface area contributed by atoms with Crippen LogP contribution in [0.4, 0.5) is 10.1 Å². The van der Waals surface area contributed by atoms with Gasteiger partial charge in [0.15, 0.2) is 11.6 Å². The van der Waals surface area contributed by atoms with Crippen LogP contribution in [0.1, 0.15) is 52.6 Å². The first kappa shape index (κ1) is 28.7. The highest BCUT2D eigenvalue weighted by Gasteiger charge is 2.36. The lowest BCUT2D eigenvalue weighted by atomic mass is 9.75. The molecule has 0 spiro atoms. The molecule has 1 aliphatic heterocycles. The molecule has 1 saturated heterocycles. The van der Waals surface area contributed by atoms with Gasteiger partial charge in [0.1, 0.15) is 6.04 Å². The topological polar surface area (TPSA) is 128 Å². The van der Waals surface area contributed by atoms with E-state index in [1.54, 1.807) is 6.20 Å². The zero-order valence-corrected chi connectivity index (χ0v) is 24.2. The van der Waals surface area contributed by atoms with Crippen molar-refractivity contribution in [3.63, 3.8) is 0 Å². The van der Waals surface area contributed by atoms with Gasteiger partial charge < -0.3 is 10.2 Å². The van der Waals surface area contributed by atoms with Crippen LogP contribution in [0.25, 0.3) is 16.9 Å². The molecule has 9 nitrogen and oxygen atoms in total. The third kappa shape index (κ3) is 6.27. The van der Waals surface area contributed by atoms with E-state index < -0.39 is 21.6 Å². The van der Waals surface area contributed by atoms with E-state index in [-0.39, 0.29) is 30.9 Å². The van der Waals surface area contributed by atoms with Crippen molar-refractivity contribution in [2.24, 2.45) is 11.8 Å². The van der Waals surface area contributed by atoms with Crippen molar-refractivity contribution in [3.05, 3.63) is 60.3 Å². The molecule has 1 saturated carbocycles. The standard InChI is InChI=1S/C30H36FN7O2S.H2/c1-20(2)27(18-32)35-30(39)24-7-4-3-6-23(24)28-25(19-38(36-28)29-26(31)8-5-13-34-29)21-9-11-22(12-10-21)37-14-16-41(33,40)17-15-37;/h5,8-13,19-20,23-24,27,33H,3-4,6-7,14-17H2,1-2H3,(H,35,39);1H/t23-,24-,27-;/m1./s1. The molecule has 0 radical (unpaired) electrons. The summed E-state index contributed by atoms with van der Waals surface area (Å²) in [5.41, 5.74) is 3.39. The molecular weight excluding hydrogens is 541 g/mol. The predicted octanol–water partition coefficient (Wildman–Crippen LogP) is 5.12. The molecule has 3 heterocycles. The van der Waals surface area contributed by atoms with Gasteiger partial charge in [0, 0.05) is 71.2 Å². The molecule has 2 aromatic heterocycles. The first-order valence-electron chi connectivity index (χ1n) is 14.2. The van der Waals surface area contributed by atoms with Crippen molar-refractivity contribution < 1.29 is 14.8 Å². The van der Waals surface area contributed by atoms with Crippen LogP contribution in [-0.2, 0) is 14.5 Å². The Morgan fingerprint density at radius 2 is 1.90 bits per heavy atom. The minimum atomic E-state index is -2.49. The lowest BCUT2D eigenvalue weighted by molar-refractivity contribution is -0.127. The highest BCUT2D eigenvalue weighted by Crippen LogP contribution is 2.42. The molecular formula is C30H38FN7O2S. The average molecular weight is 580 g/mol. The second-order valence-electron chi connectivity index (χ2n) is 11.3. The van der Waals surface area contributed by atoms with Crippen molar-refractivity contribution in [1.29, 1.82) is 10.0 Å². The number of aromatic nitrogens is 3. The maximum Gasteiger partial charge on any atom is 0.224 e. The van der Waals surface area contributed by atoms with Crippen LogP contribution in [0.15, 0.2) is 48.8 Å². The maximum atomic E-state index is 14.8. The van der Waals surface area contributed by atoms with Gasteiger partial charge in [-0.15, -0.1) is 0 Å². The minimum Gasteiger partial charge on any atom is -0.370 e. The van der Waals surface area contributed by atoms with Gasteiger partial charge in [-0.1, -0.05) is 38.8 Å². The number of anilines is 1. The Morgan fingerprint density at radius 1 is 1.20 bits per heavy atom. The molecule has 1 aliphatic carbocycles. The average Bonchev–Trinajstić information content (AvgIpc) is 3.41. The Balaban J connectivity index is 0.00000405. The van der Waals surface area contributed by atoms with Crippen LogP contribution in [0.3, 0.4) is 0 Å². The van der Waals surface area contributed by atoms with Crippen LogP contribution in [0.2, 0.25) is 0 Å². The third-order valence-electron chi connectivity index (χ3n) is 8.18. The first-order valence-corrected chi connectivity index (χ1v) is 16.1. The molecule has 1 amide bonds. The Labute approximate surface area is 242 Å². The van der Waals surface area contributed by atoms with E-state index in [1.165, 1.54) is 23.0 Å². The summed E-state index contributed by atoms with van der Waals surface area (Å²) in [6.07, 6.45) is 6.59. The number of nitrogens with zero attached hydrogens (tertiary/aromatic N) is 5. The SMILES string of the molecule is CC(C)[C@@H](C#N)NC(=O)[C@@H]1CCCC[C@H]1c1nn(-c2ncccc2F)cc1-c1ccc(N2CCS(=N)(=O)CC2)cc1.[HH]. The first-order chi connectivity index (χ1) is 19.7. The minimum absolute atomic E-state index is 0. The number of carbonyl (C=O) groups excluding carboxylic acids is 1.